The molecule has 1 heterocycles. The molecule has 0 aromatic heterocycles. The smallest absolute Gasteiger partial charge is 0.308 e. The van der Waals surface area contributed by atoms with Crippen LogP contribution in [-0.2, 0) is 19.0 Å². The van der Waals surface area contributed by atoms with E-state index >= 15 is 0 Å². The van der Waals surface area contributed by atoms with Crippen molar-refractivity contribution < 1.29 is 19.0 Å². The number of nitrogens with zero attached hydrogens (tertiary/aromatic N) is 1. The van der Waals surface area contributed by atoms with Crippen molar-refractivity contribution in [2.45, 2.75) is 77.5 Å². The lowest BCUT2D eigenvalue weighted by Gasteiger charge is -2.40. The Bertz CT molecular complexity index is 365. The van der Waals surface area contributed by atoms with Crippen molar-refractivity contribution in [2.75, 3.05) is 0 Å². The van der Waals surface area contributed by atoms with Crippen molar-refractivity contribution in [3.05, 3.63) is 0 Å². The van der Waals surface area contributed by atoms with Crippen LogP contribution in [0.5, 0.6) is 0 Å². The molecule has 2 atom stereocenters. The third kappa shape index (κ3) is 6.04. The van der Waals surface area contributed by atoms with Gasteiger partial charge in [-0.15, -0.1) is 0 Å². The monoisotopic (exact) mass is 270 g/mol. The Morgan fingerprint density at radius 1 is 1.37 bits per heavy atom. The molecule has 108 valence electrons. The van der Waals surface area contributed by atoms with Gasteiger partial charge in [0.05, 0.1) is 31.1 Å². The molecule has 1 aliphatic heterocycles. The molecular formula is C14H23NO4. The minimum atomic E-state index is -0.771. The summed E-state index contributed by atoms with van der Waals surface area (Å²) >= 11 is 0. The fraction of sp³-hybridized carbons (Fsp3) is 0.857. The molecule has 1 saturated heterocycles. The fourth-order valence-electron chi connectivity index (χ4n) is 2.14. The van der Waals surface area contributed by atoms with E-state index in [4.69, 9.17) is 19.5 Å². The van der Waals surface area contributed by atoms with Crippen molar-refractivity contribution in [2.24, 2.45) is 0 Å². The molecule has 5 nitrogen and oxygen atoms in total. The van der Waals surface area contributed by atoms with Gasteiger partial charge in [0.15, 0.2) is 5.79 Å². The minimum Gasteiger partial charge on any atom is -0.460 e. The highest BCUT2D eigenvalue weighted by Gasteiger charge is 2.36. The third-order valence-electron chi connectivity index (χ3n) is 2.56. The molecule has 0 aromatic carbocycles. The number of hydrogen-bond acceptors (Lipinski definition) is 5. The maximum Gasteiger partial charge on any atom is 0.308 e. The maximum absolute atomic E-state index is 11.8. The lowest BCUT2D eigenvalue weighted by atomic mass is 10.0. The maximum atomic E-state index is 11.8. The van der Waals surface area contributed by atoms with E-state index in [0.717, 1.165) is 0 Å². The van der Waals surface area contributed by atoms with E-state index in [-0.39, 0.29) is 24.6 Å². The number of ether oxygens (including phenoxy) is 3. The summed E-state index contributed by atoms with van der Waals surface area (Å²) in [7, 11) is 0. The third-order valence-corrected chi connectivity index (χ3v) is 2.56. The number of esters is 1. The summed E-state index contributed by atoms with van der Waals surface area (Å²) in [6, 6.07) is 2.09. The van der Waals surface area contributed by atoms with E-state index < -0.39 is 11.4 Å². The minimum absolute atomic E-state index is 0.186. The highest BCUT2D eigenvalue weighted by Crippen LogP contribution is 2.30. The summed E-state index contributed by atoms with van der Waals surface area (Å²) in [6.45, 7) is 9.08. The molecule has 1 aliphatic rings. The molecule has 1 rings (SSSR count). The summed E-state index contributed by atoms with van der Waals surface area (Å²) in [5, 5.41) is 8.75. The van der Waals surface area contributed by atoms with Gasteiger partial charge in [-0.3, -0.25) is 4.79 Å². The second-order valence-electron chi connectivity index (χ2n) is 6.27. The summed E-state index contributed by atoms with van der Waals surface area (Å²) in [5.74, 6) is -1.06. The average molecular weight is 270 g/mol. The fourth-order valence-corrected chi connectivity index (χ4v) is 2.14. The number of hydrogen-bond donors (Lipinski definition) is 0. The molecule has 5 heteroatoms. The molecular weight excluding hydrogens is 247 g/mol. The first-order valence-electron chi connectivity index (χ1n) is 6.56. The normalized spacial score (nSPS) is 26.5. The molecule has 1 fully saturated rings. The van der Waals surface area contributed by atoms with E-state index in [9.17, 15) is 4.79 Å². The first-order chi connectivity index (χ1) is 8.61. The van der Waals surface area contributed by atoms with Gasteiger partial charge < -0.3 is 14.2 Å². The second kappa shape index (κ2) is 5.89. The molecule has 0 aromatic rings. The van der Waals surface area contributed by atoms with Crippen molar-refractivity contribution >= 4 is 5.97 Å². The van der Waals surface area contributed by atoms with Crippen LogP contribution in [-0.4, -0.2) is 29.6 Å². The molecule has 0 amide bonds. The van der Waals surface area contributed by atoms with Gasteiger partial charge in [-0.05, 0) is 34.6 Å². The highest BCUT2D eigenvalue weighted by atomic mass is 16.7. The zero-order chi connectivity index (χ0) is 14.7. The Hall–Kier alpha value is -1.12. The van der Waals surface area contributed by atoms with Gasteiger partial charge in [0.1, 0.15) is 5.60 Å². The number of carbonyl (C=O) groups excluding carboxylic acids is 1. The lowest BCUT2D eigenvalue weighted by molar-refractivity contribution is -0.298. The second-order valence-corrected chi connectivity index (χ2v) is 6.27. The van der Waals surface area contributed by atoms with Gasteiger partial charge >= 0.3 is 5.97 Å². The summed E-state index contributed by atoms with van der Waals surface area (Å²) < 4.78 is 16.6. The van der Waals surface area contributed by atoms with Gasteiger partial charge in [-0.2, -0.15) is 5.26 Å². The molecule has 0 spiro atoms. The predicted octanol–water partition coefficient (Wildman–Crippen LogP) is 2.54. The van der Waals surface area contributed by atoms with Gasteiger partial charge in [0.2, 0.25) is 0 Å². The highest BCUT2D eigenvalue weighted by molar-refractivity contribution is 5.70. The first kappa shape index (κ1) is 15.9. The summed E-state index contributed by atoms with van der Waals surface area (Å²) in [6.07, 6.45) is 0.568. The quantitative estimate of drug-likeness (QED) is 0.582. The van der Waals surface area contributed by atoms with E-state index in [1.807, 2.05) is 20.8 Å². The molecule has 0 unspecified atom stereocenters. The van der Waals surface area contributed by atoms with E-state index in [1.165, 1.54) is 0 Å². The Morgan fingerprint density at radius 3 is 2.47 bits per heavy atom. The average Bonchev–Trinajstić information content (AvgIpc) is 2.10. The van der Waals surface area contributed by atoms with Crippen molar-refractivity contribution in [1.29, 1.82) is 5.26 Å². The lowest BCUT2D eigenvalue weighted by Crippen LogP contribution is -2.45. The topological polar surface area (TPSA) is 68.6 Å². The van der Waals surface area contributed by atoms with Gasteiger partial charge in [-0.1, -0.05) is 0 Å². The molecule has 0 saturated carbocycles. The Balaban J connectivity index is 2.57. The number of nitriles is 1. The van der Waals surface area contributed by atoms with Gasteiger partial charge in [-0.25, -0.2) is 0 Å². The van der Waals surface area contributed by atoms with Crippen LogP contribution in [0.4, 0.5) is 0 Å². The number of carbonyl (C=O) groups is 1. The molecule has 0 radical (unpaired) electrons. The van der Waals surface area contributed by atoms with E-state index in [2.05, 4.69) is 6.07 Å². The summed E-state index contributed by atoms with van der Waals surface area (Å²) in [5.41, 5.74) is -0.496. The van der Waals surface area contributed by atoms with Crippen LogP contribution in [0.3, 0.4) is 0 Å². The van der Waals surface area contributed by atoms with Crippen LogP contribution in [0.2, 0.25) is 0 Å². The Morgan fingerprint density at radius 2 is 1.95 bits per heavy atom. The van der Waals surface area contributed by atoms with Crippen LogP contribution in [0.25, 0.3) is 0 Å². The molecule has 19 heavy (non-hydrogen) atoms. The van der Waals surface area contributed by atoms with E-state index in [0.29, 0.717) is 12.8 Å². The van der Waals surface area contributed by atoms with Gasteiger partial charge in [0.25, 0.3) is 0 Å². The van der Waals surface area contributed by atoms with Gasteiger partial charge in [0, 0.05) is 6.42 Å². The Kier molecular flexibility index (Phi) is 4.94. The standard InChI is InChI=1S/C14H23NO4/c1-13(2,3)19-12(16)9-11-8-10(6-7-15)17-14(4,5)18-11/h10-11H,6,8-9H2,1-5H3/t10-,11-/m1/s1/i15+1. The van der Waals surface area contributed by atoms with Crippen LogP contribution >= 0.6 is 0 Å². The van der Waals surface area contributed by atoms with Crippen molar-refractivity contribution in [1.82, 2.24) is 0 Å². The van der Waals surface area contributed by atoms with Crippen LogP contribution < -0.4 is 0 Å². The Labute approximate surface area is 114 Å². The van der Waals surface area contributed by atoms with Crippen molar-refractivity contribution in [3.63, 3.8) is 0 Å². The number of rotatable bonds is 3. The largest absolute Gasteiger partial charge is 0.460 e. The zero-order valence-corrected chi connectivity index (χ0v) is 12.4. The van der Waals surface area contributed by atoms with Crippen LogP contribution in [0, 0.1) is 11.3 Å². The molecule has 0 N–H and O–H groups in total. The van der Waals surface area contributed by atoms with E-state index in [1.54, 1.807) is 13.8 Å². The first-order valence-corrected chi connectivity index (χ1v) is 6.56. The zero-order valence-electron chi connectivity index (χ0n) is 12.4. The predicted molar refractivity (Wildman–Crippen MR) is 69.1 cm³/mol. The van der Waals surface area contributed by atoms with Crippen LogP contribution in [0.15, 0.2) is 0 Å². The summed E-state index contributed by atoms with van der Waals surface area (Å²) in [4.78, 5) is 11.8. The molecule has 0 bridgehead atoms. The SMILES string of the molecule is CC(C)(C)OC(=O)C[C@H]1C[C@@H](CC#[15N])OC(C)(C)O1. The van der Waals surface area contributed by atoms with Crippen molar-refractivity contribution in [3.8, 4) is 6.07 Å². The molecule has 0 aliphatic carbocycles. The van der Waals surface area contributed by atoms with Crippen LogP contribution in [0.1, 0.15) is 53.9 Å².